The van der Waals surface area contributed by atoms with Crippen molar-refractivity contribution in [1.29, 1.82) is 0 Å². The van der Waals surface area contributed by atoms with E-state index in [-0.39, 0.29) is 36.6 Å². The molecule has 0 bridgehead atoms. The maximum atomic E-state index is 13.6. The largest absolute Gasteiger partial charge is 0.351 e. The monoisotopic (exact) mass is 415 g/mol. The first-order valence-corrected chi connectivity index (χ1v) is 9.88. The molecule has 1 unspecified atom stereocenters. The Morgan fingerprint density at radius 1 is 0.900 bits per heavy atom. The van der Waals surface area contributed by atoms with Crippen LogP contribution in [0.5, 0.6) is 0 Å². The SMILES string of the molecule is CC[NH+](CC(=O)NCCc1ccccc1F)CC(=O)Nc1ccc(NC(C)=O)cc1. The van der Waals surface area contributed by atoms with Crippen molar-refractivity contribution in [3.05, 3.63) is 59.9 Å². The molecule has 2 rings (SSSR count). The van der Waals surface area contributed by atoms with Crippen LogP contribution in [0.1, 0.15) is 19.4 Å². The van der Waals surface area contributed by atoms with E-state index in [1.807, 2.05) is 6.92 Å². The highest BCUT2D eigenvalue weighted by atomic mass is 19.1. The summed E-state index contributed by atoms with van der Waals surface area (Å²) in [6, 6.07) is 13.3. The molecule has 30 heavy (non-hydrogen) atoms. The summed E-state index contributed by atoms with van der Waals surface area (Å²) in [7, 11) is 0. The van der Waals surface area contributed by atoms with Crippen LogP contribution in [0.25, 0.3) is 0 Å². The van der Waals surface area contributed by atoms with Gasteiger partial charge in [-0.15, -0.1) is 0 Å². The number of hydrogen-bond donors (Lipinski definition) is 4. The van der Waals surface area contributed by atoms with Gasteiger partial charge >= 0.3 is 0 Å². The average Bonchev–Trinajstić information content (AvgIpc) is 2.70. The second-order valence-corrected chi connectivity index (χ2v) is 6.96. The predicted molar refractivity (Wildman–Crippen MR) is 114 cm³/mol. The smallest absolute Gasteiger partial charge is 0.279 e. The van der Waals surface area contributed by atoms with E-state index < -0.39 is 0 Å². The van der Waals surface area contributed by atoms with Crippen LogP contribution in [0.15, 0.2) is 48.5 Å². The summed E-state index contributed by atoms with van der Waals surface area (Å²) in [6.07, 6.45) is 0.412. The molecule has 3 amide bonds. The van der Waals surface area contributed by atoms with Gasteiger partial charge in [0.25, 0.3) is 11.8 Å². The lowest BCUT2D eigenvalue weighted by molar-refractivity contribution is -0.881. The van der Waals surface area contributed by atoms with Crippen LogP contribution in [0.2, 0.25) is 0 Å². The van der Waals surface area contributed by atoms with Gasteiger partial charge in [0.2, 0.25) is 5.91 Å². The summed E-state index contributed by atoms with van der Waals surface area (Å²) in [6.45, 7) is 4.57. The molecule has 2 aromatic carbocycles. The molecule has 0 radical (unpaired) electrons. The van der Waals surface area contributed by atoms with Gasteiger partial charge in [0, 0.05) is 24.8 Å². The molecule has 0 heterocycles. The first-order chi connectivity index (χ1) is 14.4. The molecule has 0 saturated heterocycles. The van der Waals surface area contributed by atoms with E-state index in [0.29, 0.717) is 36.4 Å². The van der Waals surface area contributed by atoms with Crippen LogP contribution in [0, 0.1) is 5.82 Å². The van der Waals surface area contributed by atoms with Gasteiger partial charge in [-0.2, -0.15) is 0 Å². The van der Waals surface area contributed by atoms with Crippen molar-refractivity contribution >= 4 is 29.1 Å². The van der Waals surface area contributed by atoms with E-state index in [1.54, 1.807) is 42.5 Å². The molecule has 0 aromatic heterocycles. The normalized spacial score (nSPS) is 11.4. The zero-order valence-electron chi connectivity index (χ0n) is 17.3. The number of nitrogens with one attached hydrogen (secondary N) is 4. The highest BCUT2D eigenvalue weighted by Crippen LogP contribution is 2.13. The molecule has 0 spiro atoms. The standard InChI is InChI=1S/C22H27FN4O3/c1-3-27(14-21(29)24-13-12-17-6-4-5-7-20(17)23)15-22(30)26-19-10-8-18(9-11-19)25-16(2)28/h4-11H,3,12-15H2,1-2H3,(H,24,29)(H,25,28)(H,26,30)/p+1. The Labute approximate surface area is 175 Å². The minimum atomic E-state index is -0.283. The Morgan fingerprint density at radius 2 is 1.50 bits per heavy atom. The van der Waals surface area contributed by atoms with Crippen LogP contribution in [0.4, 0.5) is 15.8 Å². The fraction of sp³-hybridized carbons (Fsp3) is 0.318. The van der Waals surface area contributed by atoms with Crippen molar-refractivity contribution < 1.29 is 23.7 Å². The van der Waals surface area contributed by atoms with Crippen molar-refractivity contribution in [3.63, 3.8) is 0 Å². The van der Waals surface area contributed by atoms with Crippen LogP contribution >= 0.6 is 0 Å². The van der Waals surface area contributed by atoms with Gasteiger partial charge in [-0.05, 0) is 49.2 Å². The Bertz CT molecular complexity index is 871. The van der Waals surface area contributed by atoms with E-state index >= 15 is 0 Å². The highest BCUT2D eigenvalue weighted by Gasteiger charge is 2.16. The van der Waals surface area contributed by atoms with Crippen LogP contribution in [-0.2, 0) is 20.8 Å². The third kappa shape index (κ3) is 8.00. The van der Waals surface area contributed by atoms with Crippen molar-refractivity contribution in [2.45, 2.75) is 20.3 Å². The number of likely N-dealkylation sites (N-methyl/N-ethyl adjacent to an activating group) is 1. The molecule has 0 aliphatic rings. The summed E-state index contributed by atoms with van der Waals surface area (Å²) < 4.78 is 13.6. The van der Waals surface area contributed by atoms with Gasteiger partial charge in [0.15, 0.2) is 13.1 Å². The van der Waals surface area contributed by atoms with E-state index in [9.17, 15) is 18.8 Å². The number of amides is 3. The molecule has 4 N–H and O–H groups in total. The molecule has 1 atom stereocenters. The summed E-state index contributed by atoms with van der Waals surface area (Å²) >= 11 is 0. The molecule has 0 aliphatic heterocycles. The number of carbonyl (C=O) groups excluding carboxylic acids is 3. The van der Waals surface area contributed by atoms with Gasteiger partial charge in [-0.3, -0.25) is 14.4 Å². The summed E-state index contributed by atoms with van der Waals surface area (Å²) in [5.41, 5.74) is 1.81. The molecule has 8 heteroatoms. The van der Waals surface area contributed by atoms with Gasteiger partial charge in [-0.25, -0.2) is 4.39 Å². The first kappa shape index (κ1) is 23.0. The molecule has 160 valence electrons. The predicted octanol–water partition coefficient (Wildman–Crippen LogP) is 0.986. The minimum Gasteiger partial charge on any atom is -0.351 e. The maximum absolute atomic E-state index is 13.6. The summed E-state index contributed by atoms with van der Waals surface area (Å²) in [5, 5.41) is 8.22. The van der Waals surface area contributed by atoms with Crippen molar-refractivity contribution in [2.75, 3.05) is 36.8 Å². The van der Waals surface area contributed by atoms with Crippen LogP contribution < -0.4 is 20.9 Å². The lowest BCUT2D eigenvalue weighted by Gasteiger charge is -2.17. The van der Waals surface area contributed by atoms with Crippen molar-refractivity contribution in [1.82, 2.24) is 5.32 Å². The maximum Gasteiger partial charge on any atom is 0.279 e. The van der Waals surface area contributed by atoms with E-state index in [1.165, 1.54) is 13.0 Å². The van der Waals surface area contributed by atoms with Gasteiger partial charge < -0.3 is 20.9 Å². The number of hydrogen-bond acceptors (Lipinski definition) is 3. The second kappa shape index (κ2) is 11.7. The molecule has 7 nitrogen and oxygen atoms in total. The van der Waals surface area contributed by atoms with Crippen molar-refractivity contribution in [3.8, 4) is 0 Å². The molecule has 0 aliphatic carbocycles. The number of carbonyl (C=O) groups is 3. The summed E-state index contributed by atoms with van der Waals surface area (Å²) in [4.78, 5) is 36.3. The van der Waals surface area contributed by atoms with Crippen molar-refractivity contribution in [2.24, 2.45) is 0 Å². The van der Waals surface area contributed by atoms with Crippen LogP contribution in [-0.4, -0.2) is 43.9 Å². The number of rotatable bonds is 10. The van der Waals surface area contributed by atoms with E-state index in [0.717, 1.165) is 4.90 Å². The molecular formula is C22H28FN4O3+. The van der Waals surface area contributed by atoms with Crippen LogP contribution in [0.3, 0.4) is 0 Å². The molecule has 0 saturated carbocycles. The minimum absolute atomic E-state index is 0.144. The second-order valence-electron chi connectivity index (χ2n) is 6.96. The quantitative estimate of drug-likeness (QED) is 0.466. The number of quaternary nitrogens is 1. The molecule has 2 aromatic rings. The summed E-state index contributed by atoms with van der Waals surface area (Å²) in [5.74, 6) is -0.843. The molecular weight excluding hydrogens is 387 g/mol. The highest BCUT2D eigenvalue weighted by molar-refractivity contribution is 5.92. The lowest BCUT2D eigenvalue weighted by atomic mass is 10.1. The topological polar surface area (TPSA) is 91.7 Å². The number of halogens is 1. The Balaban J connectivity index is 1.75. The fourth-order valence-corrected chi connectivity index (χ4v) is 2.91. The Kier molecular flexibility index (Phi) is 8.96. The third-order valence-corrected chi connectivity index (χ3v) is 4.48. The van der Waals surface area contributed by atoms with E-state index in [4.69, 9.17) is 0 Å². The zero-order chi connectivity index (χ0) is 21.9. The Hall–Kier alpha value is -3.26. The van der Waals surface area contributed by atoms with Gasteiger partial charge in [-0.1, -0.05) is 18.2 Å². The van der Waals surface area contributed by atoms with Gasteiger partial charge in [0.05, 0.1) is 6.54 Å². The van der Waals surface area contributed by atoms with Gasteiger partial charge in [0.1, 0.15) is 5.82 Å². The fourth-order valence-electron chi connectivity index (χ4n) is 2.91. The zero-order valence-corrected chi connectivity index (χ0v) is 17.3. The third-order valence-electron chi connectivity index (χ3n) is 4.48. The number of anilines is 2. The molecule has 0 fully saturated rings. The average molecular weight is 415 g/mol. The van der Waals surface area contributed by atoms with E-state index in [2.05, 4.69) is 16.0 Å². The number of benzene rings is 2. The first-order valence-electron chi connectivity index (χ1n) is 9.88. The Morgan fingerprint density at radius 3 is 2.10 bits per heavy atom. The lowest BCUT2D eigenvalue weighted by Crippen LogP contribution is -3.14.